The van der Waals surface area contributed by atoms with Crippen molar-refractivity contribution in [1.82, 2.24) is 0 Å². The lowest BCUT2D eigenvalue weighted by atomic mass is 10.1. The Morgan fingerprint density at radius 3 is 1.48 bits per heavy atom. The number of carbonyl (C=O) groups excluding carboxylic acids is 2. The minimum absolute atomic E-state index is 0.0296. The van der Waals surface area contributed by atoms with Crippen LogP contribution in [0.25, 0.3) is 0 Å². The molecule has 0 radical (unpaired) electrons. The number of unbranched alkanes of at least 4 members (excludes halogenated alkanes) is 18. The molecule has 0 heterocycles. The number of ether oxygens (including phenoxy) is 2. The molecule has 50 heavy (non-hydrogen) atoms. The number of phosphoric acid groups is 1. The van der Waals surface area contributed by atoms with E-state index in [9.17, 15) is 19.0 Å². The molecule has 294 valence electrons. The van der Waals surface area contributed by atoms with Gasteiger partial charge in [-0.3, -0.25) is 18.6 Å². The van der Waals surface area contributed by atoms with Gasteiger partial charge in [-0.1, -0.05) is 115 Å². The van der Waals surface area contributed by atoms with Gasteiger partial charge in [0.15, 0.2) is 6.10 Å². The standard InChI is InChI=1S/C40H76NO8P/c1-6-8-10-12-14-16-18-20-22-24-26-28-30-32-39(42)46-36-38(37-48-50(44,45)47-35-34-41(3,4)5)49-40(43)33-31-29-27-25-23-21-19-17-15-13-11-9-7-2/h16-19,38H,6-15,20-37H2,1-5H3/p+1/b18-16-,19-17-. The average molecular weight is 731 g/mol. The van der Waals surface area contributed by atoms with Crippen LogP contribution >= 0.6 is 7.82 Å². The van der Waals surface area contributed by atoms with Gasteiger partial charge in [0.25, 0.3) is 0 Å². The number of allylic oxidation sites excluding steroid dienone is 4. The van der Waals surface area contributed by atoms with Crippen LogP contribution in [0.1, 0.15) is 168 Å². The van der Waals surface area contributed by atoms with E-state index in [1.807, 2.05) is 21.1 Å². The molecule has 0 fully saturated rings. The number of phosphoric ester groups is 1. The normalized spacial score (nSPS) is 14.0. The van der Waals surface area contributed by atoms with Crippen molar-refractivity contribution in [2.75, 3.05) is 47.5 Å². The molecule has 2 atom stereocenters. The highest BCUT2D eigenvalue weighted by atomic mass is 31.2. The molecule has 0 bridgehead atoms. The molecule has 0 aromatic rings. The van der Waals surface area contributed by atoms with Crippen molar-refractivity contribution < 1.29 is 42.1 Å². The third kappa shape index (κ3) is 36.3. The second-order valence-electron chi connectivity index (χ2n) is 14.7. The fourth-order valence-corrected chi connectivity index (χ4v) is 5.98. The number of rotatable bonds is 36. The molecular weight excluding hydrogens is 653 g/mol. The third-order valence-corrected chi connectivity index (χ3v) is 9.44. The maximum atomic E-state index is 12.6. The molecule has 0 amide bonds. The summed E-state index contributed by atoms with van der Waals surface area (Å²) in [6.45, 7) is 4.36. The lowest BCUT2D eigenvalue weighted by Crippen LogP contribution is -2.37. The predicted molar refractivity (Wildman–Crippen MR) is 206 cm³/mol. The summed E-state index contributed by atoms with van der Waals surface area (Å²) in [5, 5.41) is 0. The molecule has 0 saturated heterocycles. The van der Waals surface area contributed by atoms with Crippen LogP contribution in [0.5, 0.6) is 0 Å². The van der Waals surface area contributed by atoms with E-state index in [4.69, 9.17) is 18.5 Å². The van der Waals surface area contributed by atoms with Crippen LogP contribution < -0.4 is 0 Å². The maximum absolute atomic E-state index is 12.6. The minimum atomic E-state index is -4.37. The number of hydrogen-bond donors (Lipinski definition) is 1. The van der Waals surface area contributed by atoms with Crippen molar-refractivity contribution in [3.05, 3.63) is 24.3 Å². The summed E-state index contributed by atoms with van der Waals surface area (Å²) in [4.78, 5) is 35.2. The first-order valence-corrected chi connectivity index (χ1v) is 21.6. The lowest BCUT2D eigenvalue weighted by Gasteiger charge is -2.24. The number of carbonyl (C=O) groups is 2. The topological polar surface area (TPSA) is 108 Å². The van der Waals surface area contributed by atoms with Gasteiger partial charge in [0.1, 0.15) is 19.8 Å². The van der Waals surface area contributed by atoms with E-state index in [2.05, 4.69) is 38.2 Å². The molecule has 0 rings (SSSR count). The average Bonchev–Trinajstić information content (AvgIpc) is 3.06. The molecule has 9 nitrogen and oxygen atoms in total. The summed E-state index contributed by atoms with van der Waals surface area (Å²) in [6, 6.07) is 0. The Morgan fingerprint density at radius 2 is 1.02 bits per heavy atom. The van der Waals surface area contributed by atoms with Crippen LogP contribution in [0.3, 0.4) is 0 Å². The maximum Gasteiger partial charge on any atom is 0.472 e. The molecule has 0 aliphatic rings. The summed E-state index contributed by atoms with van der Waals surface area (Å²) >= 11 is 0. The zero-order valence-electron chi connectivity index (χ0n) is 32.9. The molecule has 0 saturated carbocycles. The molecule has 0 aromatic carbocycles. The summed E-state index contributed by atoms with van der Waals surface area (Å²) in [6.07, 6.45) is 33.6. The first-order valence-electron chi connectivity index (χ1n) is 20.1. The summed E-state index contributed by atoms with van der Waals surface area (Å²) in [5.41, 5.74) is 0. The monoisotopic (exact) mass is 731 g/mol. The first-order chi connectivity index (χ1) is 24.0. The fourth-order valence-electron chi connectivity index (χ4n) is 5.24. The van der Waals surface area contributed by atoms with Gasteiger partial charge in [0, 0.05) is 12.8 Å². The molecule has 0 aliphatic heterocycles. The van der Waals surface area contributed by atoms with Gasteiger partial charge in [0.2, 0.25) is 0 Å². The van der Waals surface area contributed by atoms with Crippen molar-refractivity contribution in [2.24, 2.45) is 0 Å². The predicted octanol–water partition coefficient (Wildman–Crippen LogP) is 10.8. The molecule has 1 N–H and O–H groups in total. The van der Waals surface area contributed by atoms with Crippen LogP contribution in [-0.2, 0) is 32.7 Å². The van der Waals surface area contributed by atoms with Crippen molar-refractivity contribution in [1.29, 1.82) is 0 Å². The quantitative estimate of drug-likeness (QED) is 0.0223. The Bertz CT molecular complexity index is 918. The number of esters is 2. The zero-order valence-corrected chi connectivity index (χ0v) is 33.8. The molecule has 0 spiro atoms. The Labute approximate surface area is 307 Å². The zero-order chi connectivity index (χ0) is 37.2. The third-order valence-electron chi connectivity index (χ3n) is 8.45. The van der Waals surface area contributed by atoms with E-state index in [0.29, 0.717) is 17.4 Å². The molecule has 2 unspecified atom stereocenters. The van der Waals surface area contributed by atoms with E-state index in [0.717, 1.165) is 70.6 Å². The van der Waals surface area contributed by atoms with E-state index < -0.39 is 26.5 Å². The smallest absolute Gasteiger partial charge is 0.462 e. The van der Waals surface area contributed by atoms with E-state index in [1.165, 1.54) is 64.2 Å². The minimum Gasteiger partial charge on any atom is -0.462 e. The Balaban J connectivity index is 4.44. The fraction of sp³-hybridized carbons (Fsp3) is 0.850. The number of hydrogen-bond acceptors (Lipinski definition) is 7. The molecular formula is C40H77NO8P+. The van der Waals surface area contributed by atoms with Gasteiger partial charge in [0.05, 0.1) is 27.7 Å². The number of nitrogens with zero attached hydrogens (tertiary/aromatic N) is 1. The van der Waals surface area contributed by atoms with E-state index in [1.54, 1.807) is 0 Å². The highest BCUT2D eigenvalue weighted by Gasteiger charge is 2.27. The van der Waals surface area contributed by atoms with Gasteiger partial charge >= 0.3 is 19.8 Å². The summed E-state index contributed by atoms with van der Waals surface area (Å²) < 4.78 is 34.2. The highest BCUT2D eigenvalue weighted by molar-refractivity contribution is 7.47. The lowest BCUT2D eigenvalue weighted by molar-refractivity contribution is -0.870. The van der Waals surface area contributed by atoms with Crippen LogP contribution in [-0.4, -0.2) is 74.9 Å². The summed E-state index contributed by atoms with van der Waals surface area (Å²) in [5.74, 6) is -0.819. The van der Waals surface area contributed by atoms with E-state index >= 15 is 0 Å². The van der Waals surface area contributed by atoms with Crippen molar-refractivity contribution in [2.45, 2.75) is 174 Å². The summed E-state index contributed by atoms with van der Waals surface area (Å²) in [7, 11) is 1.47. The van der Waals surface area contributed by atoms with Crippen molar-refractivity contribution in [3.8, 4) is 0 Å². The molecule has 0 aromatic heterocycles. The van der Waals surface area contributed by atoms with Crippen LogP contribution in [0.4, 0.5) is 0 Å². The highest BCUT2D eigenvalue weighted by Crippen LogP contribution is 2.43. The SMILES string of the molecule is CCCCCC/C=C\CCCCCCCC(=O)OCC(COP(=O)(O)OCC[N+](C)(C)C)OC(=O)CCCCCCC/C=C\CCCCCC. The number of quaternary nitrogens is 1. The van der Waals surface area contributed by atoms with Crippen LogP contribution in [0, 0.1) is 0 Å². The van der Waals surface area contributed by atoms with Crippen LogP contribution in [0.2, 0.25) is 0 Å². The Kier molecular flexibility index (Phi) is 32.3. The van der Waals surface area contributed by atoms with E-state index in [-0.39, 0.29) is 32.0 Å². The Morgan fingerprint density at radius 1 is 0.600 bits per heavy atom. The molecule has 10 heteroatoms. The Hall–Kier alpha value is -1.51. The molecule has 0 aliphatic carbocycles. The van der Waals surface area contributed by atoms with Gasteiger partial charge < -0.3 is 18.9 Å². The van der Waals surface area contributed by atoms with Crippen molar-refractivity contribution >= 4 is 19.8 Å². The number of likely N-dealkylation sites (N-methyl/N-ethyl adjacent to an activating group) is 1. The second-order valence-corrected chi connectivity index (χ2v) is 16.1. The van der Waals surface area contributed by atoms with Crippen LogP contribution in [0.15, 0.2) is 24.3 Å². The van der Waals surface area contributed by atoms with Gasteiger partial charge in [-0.05, 0) is 64.2 Å². The first kappa shape index (κ1) is 48.5. The largest absolute Gasteiger partial charge is 0.472 e. The van der Waals surface area contributed by atoms with Gasteiger partial charge in [-0.2, -0.15) is 0 Å². The van der Waals surface area contributed by atoms with Gasteiger partial charge in [-0.15, -0.1) is 0 Å². The second kappa shape index (κ2) is 33.3. The van der Waals surface area contributed by atoms with Crippen molar-refractivity contribution in [3.63, 3.8) is 0 Å². The van der Waals surface area contributed by atoms with Gasteiger partial charge in [-0.25, -0.2) is 4.57 Å².